The van der Waals surface area contributed by atoms with Crippen molar-refractivity contribution < 1.29 is 8.42 Å². The van der Waals surface area contributed by atoms with Crippen molar-refractivity contribution in [2.24, 2.45) is 5.92 Å². The summed E-state index contributed by atoms with van der Waals surface area (Å²) < 4.78 is 26.7. The minimum absolute atomic E-state index is 0.210. The van der Waals surface area contributed by atoms with E-state index in [2.05, 4.69) is 11.8 Å². The summed E-state index contributed by atoms with van der Waals surface area (Å²) in [5.74, 6) is 0.315. The Hall–Kier alpha value is -1.11. The summed E-state index contributed by atoms with van der Waals surface area (Å²) in [5, 5.41) is 0. The Balaban J connectivity index is 2.30. The quantitative estimate of drug-likeness (QED) is 0.835. The molecule has 1 aromatic carbocycles. The van der Waals surface area contributed by atoms with Gasteiger partial charge >= 0.3 is 0 Å². The van der Waals surface area contributed by atoms with Crippen LogP contribution in [0.1, 0.15) is 6.92 Å². The van der Waals surface area contributed by atoms with Crippen LogP contribution < -0.4 is 5.73 Å². The van der Waals surface area contributed by atoms with Gasteiger partial charge in [0.25, 0.3) is 0 Å². The first-order chi connectivity index (χ1) is 8.84. The minimum atomic E-state index is -3.49. The number of para-hydroxylation sites is 1. The molecule has 1 heterocycles. The molecule has 0 saturated carbocycles. The van der Waals surface area contributed by atoms with Crippen LogP contribution in [0.4, 0.5) is 5.69 Å². The summed E-state index contributed by atoms with van der Waals surface area (Å²) in [4.78, 5) is 2.29. The lowest BCUT2D eigenvalue weighted by Gasteiger charge is -2.22. The van der Waals surface area contributed by atoms with Crippen LogP contribution in [0, 0.1) is 5.92 Å². The van der Waals surface area contributed by atoms with Gasteiger partial charge in [0.1, 0.15) is 4.90 Å². The van der Waals surface area contributed by atoms with Crippen molar-refractivity contribution in [1.29, 1.82) is 0 Å². The van der Waals surface area contributed by atoms with Gasteiger partial charge in [-0.25, -0.2) is 8.42 Å². The lowest BCUT2D eigenvalue weighted by atomic mass is 10.1. The van der Waals surface area contributed by atoms with Crippen LogP contribution in [0.15, 0.2) is 29.2 Å². The summed E-state index contributed by atoms with van der Waals surface area (Å²) >= 11 is 0. The first-order valence-electron chi connectivity index (χ1n) is 6.35. The van der Waals surface area contributed by atoms with Gasteiger partial charge in [-0.3, -0.25) is 0 Å². The molecule has 1 saturated heterocycles. The fourth-order valence-electron chi connectivity index (χ4n) is 2.63. The Kier molecular flexibility index (Phi) is 3.85. The molecule has 1 aliphatic heterocycles. The highest BCUT2D eigenvalue weighted by Gasteiger charge is 2.38. The molecule has 0 radical (unpaired) electrons. The predicted molar refractivity (Wildman–Crippen MR) is 76.3 cm³/mol. The summed E-state index contributed by atoms with van der Waals surface area (Å²) in [6, 6.07) is 6.88. The third-order valence-electron chi connectivity index (χ3n) is 3.74. The maximum absolute atomic E-state index is 12.6. The topological polar surface area (TPSA) is 66.6 Å². The van der Waals surface area contributed by atoms with Gasteiger partial charge in [0.05, 0.1) is 5.69 Å². The number of hydrogen-bond donors (Lipinski definition) is 1. The monoisotopic (exact) mass is 283 g/mol. The zero-order valence-electron chi connectivity index (χ0n) is 11.6. The lowest BCUT2D eigenvalue weighted by Crippen LogP contribution is -2.35. The number of nitrogens with zero attached hydrogens (tertiary/aromatic N) is 2. The van der Waals surface area contributed by atoms with E-state index >= 15 is 0 Å². The number of hydrogen-bond acceptors (Lipinski definition) is 4. The molecule has 0 bridgehead atoms. The van der Waals surface area contributed by atoms with Crippen molar-refractivity contribution in [2.45, 2.75) is 17.9 Å². The van der Waals surface area contributed by atoms with E-state index in [-0.39, 0.29) is 10.9 Å². The average Bonchev–Trinajstić information content (AvgIpc) is 2.72. The minimum Gasteiger partial charge on any atom is -0.398 e. The molecule has 106 valence electrons. The second-order valence-corrected chi connectivity index (χ2v) is 7.27. The van der Waals surface area contributed by atoms with E-state index in [0.717, 1.165) is 0 Å². The lowest BCUT2D eigenvalue weighted by molar-refractivity contribution is 0.263. The van der Waals surface area contributed by atoms with Gasteiger partial charge < -0.3 is 10.6 Å². The fraction of sp³-hybridized carbons (Fsp3) is 0.538. The van der Waals surface area contributed by atoms with Crippen molar-refractivity contribution in [3.8, 4) is 0 Å². The molecule has 5 nitrogen and oxygen atoms in total. The third-order valence-corrected chi connectivity index (χ3v) is 5.64. The first-order valence-corrected chi connectivity index (χ1v) is 7.79. The van der Waals surface area contributed by atoms with E-state index in [9.17, 15) is 8.42 Å². The summed E-state index contributed by atoms with van der Waals surface area (Å²) in [6.07, 6.45) is 0. The molecule has 0 aromatic heterocycles. The Morgan fingerprint density at radius 1 is 1.26 bits per heavy atom. The first kappa shape index (κ1) is 14.3. The molecule has 2 N–H and O–H groups in total. The highest BCUT2D eigenvalue weighted by atomic mass is 32.2. The number of sulfonamides is 1. The number of benzene rings is 1. The van der Waals surface area contributed by atoms with Gasteiger partial charge in [0.2, 0.25) is 10.0 Å². The van der Waals surface area contributed by atoms with Gasteiger partial charge in [0.15, 0.2) is 0 Å². The molecule has 1 aliphatic rings. The predicted octanol–water partition coefficient (Wildman–Crippen LogP) is 0.839. The van der Waals surface area contributed by atoms with Crippen molar-refractivity contribution >= 4 is 15.7 Å². The van der Waals surface area contributed by atoms with Crippen LogP contribution in [0.5, 0.6) is 0 Å². The average molecular weight is 283 g/mol. The van der Waals surface area contributed by atoms with Crippen LogP contribution in [0.25, 0.3) is 0 Å². The van der Waals surface area contributed by atoms with Gasteiger partial charge in [-0.15, -0.1) is 0 Å². The summed E-state index contributed by atoms with van der Waals surface area (Å²) in [6.45, 7) is 3.14. The van der Waals surface area contributed by atoms with E-state index in [1.165, 1.54) is 4.31 Å². The van der Waals surface area contributed by atoms with E-state index in [0.29, 0.717) is 24.7 Å². The van der Waals surface area contributed by atoms with E-state index in [1.54, 1.807) is 24.3 Å². The number of likely N-dealkylation sites (N-methyl/N-ethyl adjacent to an activating group) is 1. The smallest absolute Gasteiger partial charge is 0.245 e. The zero-order chi connectivity index (χ0) is 14.2. The maximum atomic E-state index is 12.6. The molecule has 19 heavy (non-hydrogen) atoms. The Labute approximate surface area is 115 Å². The molecule has 0 amide bonds. The van der Waals surface area contributed by atoms with Crippen LogP contribution in [-0.4, -0.2) is 50.8 Å². The van der Waals surface area contributed by atoms with Gasteiger partial charge in [-0.05, 0) is 32.1 Å². The normalized spacial score (nSPS) is 25.1. The number of anilines is 1. The molecule has 1 aromatic rings. The number of nitrogens with two attached hydrogens (primary N) is 1. The highest BCUT2D eigenvalue weighted by Crippen LogP contribution is 2.28. The third kappa shape index (κ3) is 2.61. The van der Waals surface area contributed by atoms with Gasteiger partial charge in [0, 0.05) is 19.1 Å². The Bertz CT molecular complexity index is 557. The van der Waals surface area contributed by atoms with Crippen LogP contribution >= 0.6 is 0 Å². The SMILES string of the molecule is CC1CN(S(=O)(=O)c2ccccc2N)CC1N(C)C. The maximum Gasteiger partial charge on any atom is 0.245 e. The fourth-order valence-corrected chi connectivity index (χ4v) is 4.30. The zero-order valence-corrected chi connectivity index (χ0v) is 12.4. The molecule has 2 atom stereocenters. The molecular formula is C13H21N3O2S. The van der Waals surface area contributed by atoms with Crippen molar-refractivity contribution in [2.75, 3.05) is 32.9 Å². The molecule has 6 heteroatoms. The van der Waals surface area contributed by atoms with Crippen LogP contribution in [0.2, 0.25) is 0 Å². The molecule has 1 fully saturated rings. The molecule has 2 rings (SSSR count). The highest BCUT2D eigenvalue weighted by molar-refractivity contribution is 7.89. The van der Waals surface area contributed by atoms with Crippen molar-refractivity contribution in [1.82, 2.24) is 9.21 Å². The largest absolute Gasteiger partial charge is 0.398 e. The van der Waals surface area contributed by atoms with E-state index in [1.807, 2.05) is 14.1 Å². The van der Waals surface area contributed by atoms with Crippen molar-refractivity contribution in [3.63, 3.8) is 0 Å². The van der Waals surface area contributed by atoms with E-state index in [4.69, 9.17) is 5.73 Å². The molecule has 0 spiro atoms. The molecular weight excluding hydrogens is 262 g/mol. The standard InChI is InChI=1S/C13H21N3O2S/c1-10-8-16(9-12(10)15(2)3)19(17,18)13-7-5-4-6-11(13)14/h4-7,10,12H,8-9,14H2,1-3H3. The second kappa shape index (κ2) is 5.11. The van der Waals surface area contributed by atoms with Gasteiger partial charge in [-0.2, -0.15) is 4.31 Å². The van der Waals surface area contributed by atoms with Gasteiger partial charge in [-0.1, -0.05) is 19.1 Å². The molecule has 2 unspecified atom stereocenters. The van der Waals surface area contributed by atoms with Crippen LogP contribution in [0.3, 0.4) is 0 Å². The van der Waals surface area contributed by atoms with Crippen molar-refractivity contribution in [3.05, 3.63) is 24.3 Å². The van der Waals surface area contributed by atoms with E-state index < -0.39 is 10.0 Å². The Morgan fingerprint density at radius 2 is 1.89 bits per heavy atom. The van der Waals surface area contributed by atoms with Crippen LogP contribution in [-0.2, 0) is 10.0 Å². The summed E-state index contributed by atoms with van der Waals surface area (Å²) in [7, 11) is 0.474. The number of nitrogen functional groups attached to an aromatic ring is 1. The Morgan fingerprint density at radius 3 is 2.42 bits per heavy atom. The second-order valence-electron chi connectivity index (χ2n) is 5.37. The molecule has 0 aliphatic carbocycles. The number of rotatable bonds is 3. The summed E-state index contributed by atoms with van der Waals surface area (Å²) in [5.41, 5.74) is 6.10.